The van der Waals surface area contributed by atoms with Crippen molar-refractivity contribution in [2.24, 2.45) is 0 Å². The number of allylic oxidation sites excluding steroid dienone is 1. The molecule has 0 radical (unpaired) electrons. The largest absolute Gasteiger partial charge is 0.469 e. The summed E-state index contributed by atoms with van der Waals surface area (Å²) in [5.41, 5.74) is 1.42. The van der Waals surface area contributed by atoms with Crippen molar-refractivity contribution in [3.05, 3.63) is 77.4 Å². The molecule has 0 bridgehead atoms. The molecule has 0 aliphatic carbocycles. The predicted octanol–water partition coefficient (Wildman–Crippen LogP) is 5.26. The van der Waals surface area contributed by atoms with Gasteiger partial charge in [0, 0.05) is 10.9 Å². The van der Waals surface area contributed by atoms with E-state index in [4.69, 9.17) is 16.0 Å². The number of halogens is 1. The molecule has 2 aromatic heterocycles. The summed E-state index contributed by atoms with van der Waals surface area (Å²) in [5, 5.41) is 12.1. The lowest BCUT2D eigenvalue weighted by molar-refractivity contribution is 0.152. The van der Waals surface area contributed by atoms with Crippen LogP contribution in [0.4, 0.5) is 0 Å². The van der Waals surface area contributed by atoms with Crippen LogP contribution in [0.25, 0.3) is 10.9 Å². The first kappa shape index (κ1) is 15.8. The number of furan rings is 1. The lowest BCUT2D eigenvalue weighted by atomic mass is 9.93. The van der Waals surface area contributed by atoms with Crippen LogP contribution in [0.5, 0.6) is 0 Å². The highest BCUT2D eigenvalue weighted by Gasteiger charge is 2.25. The van der Waals surface area contributed by atoms with Gasteiger partial charge in [0.15, 0.2) is 0 Å². The molecule has 0 spiro atoms. The molecule has 1 aromatic carbocycles. The van der Waals surface area contributed by atoms with E-state index in [0.717, 1.165) is 17.3 Å². The van der Waals surface area contributed by atoms with Crippen LogP contribution in [0.15, 0.2) is 65.3 Å². The van der Waals surface area contributed by atoms with Crippen LogP contribution < -0.4 is 0 Å². The van der Waals surface area contributed by atoms with Crippen molar-refractivity contribution in [1.29, 1.82) is 0 Å². The molecule has 0 saturated heterocycles. The lowest BCUT2D eigenvalue weighted by Gasteiger charge is -2.19. The second kappa shape index (κ2) is 6.99. The molecule has 118 valence electrons. The van der Waals surface area contributed by atoms with E-state index in [1.165, 1.54) is 0 Å². The van der Waals surface area contributed by atoms with Crippen LogP contribution in [0.1, 0.15) is 36.7 Å². The van der Waals surface area contributed by atoms with E-state index < -0.39 is 6.10 Å². The molecule has 0 aliphatic heterocycles. The fourth-order valence-electron chi connectivity index (χ4n) is 2.63. The van der Waals surface area contributed by atoms with Crippen LogP contribution in [0.3, 0.4) is 0 Å². The van der Waals surface area contributed by atoms with Gasteiger partial charge in [0.05, 0.1) is 23.8 Å². The number of hydrogen-bond acceptors (Lipinski definition) is 3. The Labute approximate surface area is 140 Å². The summed E-state index contributed by atoms with van der Waals surface area (Å²) in [5.74, 6) is 0.400. The fraction of sp³-hybridized carbons (Fsp3) is 0.211. The molecule has 2 unspecified atom stereocenters. The molecule has 4 heteroatoms. The van der Waals surface area contributed by atoms with Crippen LogP contribution in [0.2, 0.25) is 5.15 Å². The van der Waals surface area contributed by atoms with Gasteiger partial charge >= 0.3 is 0 Å². The molecular weight excluding hydrogens is 310 g/mol. The van der Waals surface area contributed by atoms with Crippen molar-refractivity contribution < 1.29 is 9.52 Å². The standard InChI is InChI=1S/C19H18ClNO2/c1-2-3-8-14(17-10-6-11-23-17)18(22)15-12-13-7-4-5-9-16(13)21-19(15)20/h3-12,14,18,22H,2H2,1H3/b8-3+. The monoisotopic (exact) mass is 327 g/mol. The normalized spacial score (nSPS) is 14.4. The number of benzene rings is 1. The van der Waals surface area contributed by atoms with Gasteiger partial charge in [-0.05, 0) is 30.7 Å². The summed E-state index contributed by atoms with van der Waals surface area (Å²) in [7, 11) is 0. The highest BCUT2D eigenvalue weighted by Crippen LogP contribution is 2.36. The van der Waals surface area contributed by atoms with Crippen LogP contribution >= 0.6 is 11.6 Å². The van der Waals surface area contributed by atoms with E-state index in [9.17, 15) is 5.11 Å². The Hall–Kier alpha value is -2.10. The number of aliphatic hydroxyl groups is 1. The molecule has 2 heterocycles. The van der Waals surface area contributed by atoms with Crippen molar-refractivity contribution in [1.82, 2.24) is 4.98 Å². The third-order valence-electron chi connectivity index (χ3n) is 3.81. The smallest absolute Gasteiger partial charge is 0.135 e. The van der Waals surface area contributed by atoms with Crippen molar-refractivity contribution >= 4 is 22.5 Å². The Balaban J connectivity index is 2.04. The summed E-state index contributed by atoms with van der Waals surface area (Å²) in [6, 6.07) is 13.3. The SMILES string of the molecule is CC/C=C/C(c1ccco1)C(O)c1cc2ccccc2nc1Cl. The minimum Gasteiger partial charge on any atom is -0.469 e. The first-order valence-corrected chi connectivity index (χ1v) is 8.01. The van der Waals surface area contributed by atoms with Crippen LogP contribution in [0, 0.1) is 0 Å². The lowest BCUT2D eigenvalue weighted by Crippen LogP contribution is -2.09. The van der Waals surface area contributed by atoms with Crippen molar-refractivity contribution in [2.45, 2.75) is 25.4 Å². The van der Waals surface area contributed by atoms with E-state index in [-0.39, 0.29) is 5.92 Å². The molecule has 0 fully saturated rings. The number of hydrogen-bond donors (Lipinski definition) is 1. The van der Waals surface area contributed by atoms with Gasteiger partial charge in [0.25, 0.3) is 0 Å². The van der Waals surface area contributed by atoms with E-state index in [1.54, 1.807) is 6.26 Å². The number of fused-ring (bicyclic) bond motifs is 1. The van der Waals surface area contributed by atoms with Gasteiger partial charge in [-0.1, -0.05) is 48.9 Å². The maximum atomic E-state index is 10.9. The van der Waals surface area contributed by atoms with Crippen LogP contribution in [-0.2, 0) is 0 Å². The molecule has 2 atom stereocenters. The predicted molar refractivity (Wildman–Crippen MR) is 92.6 cm³/mol. The Morgan fingerprint density at radius 3 is 2.83 bits per heavy atom. The summed E-state index contributed by atoms with van der Waals surface area (Å²) < 4.78 is 5.49. The quantitative estimate of drug-likeness (QED) is 0.513. The molecule has 3 aromatic rings. The first-order chi connectivity index (χ1) is 11.2. The zero-order valence-corrected chi connectivity index (χ0v) is 13.6. The van der Waals surface area contributed by atoms with E-state index in [0.29, 0.717) is 16.5 Å². The molecule has 3 rings (SSSR count). The molecule has 0 amide bonds. The van der Waals surface area contributed by atoms with Gasteiger partial charge in [0.2, 0.25) is 0 Å². The Bertz CT molecular complexity index is 811. The minimum atomic E-state index is -0.825. The van der Waals surface area contributed by atoms with Gasteiger partial charge < -0.3 is 9.52 Å². The molecular formula is C19H18ClNO2. The van der Waals surface area contributed by atoms with Crippen molar-refractivity contribution in [3.8, 4) is 0 Å². The topological polar surface area (TPSA) is 46.3 Å². The average molecular weight is 328 g/mol. The van der Waals surface area contributed by atoms with E-state index >= 15 is 0 Å². The van der Waals surface area contributed by atoms with Gasteiger partial charge in [0.1, 0.15) is 10.9 Å². The summed E-state index contributed by atoms with van der Waals surface area (Å²) in [6.45, 7) is 2.05. The highest BCUT2D eigenvalue weighted by atomic mass is 35.5. The molecule has 0 saturated carbocycles. The highest BCUT2D eigenvalue weighted by molar-refractivity contribution is 6.30. The van der Waals surface area contributed by atoms with Gasteiger partial charge in [-0.2, -0.15) is 0 Å². The second-order valence-electron chi connectivity index (χ2n) is 5.38. The van der Waals surface area contributed by atoms with Gasteiger partial charge in [-0.25, -0.2) is 4.98 Å². The Morgan fingerprint density at radius 1 is 1.26 bits per heavy atom. The van der Waals surface area contributed by atoms with E-state index in [1.807, 2.05) is 61.5 Å². The first-order valence-electron chi connectivity index (χ1n) is 7.64. The van der Waals surface area contributed by atoms with Crippen LogP contribution in [-0.4, -0.2) is 10.1 Å². The summed E-state index contributed by atoms with van der Waals surface area (Å²) in [6.07, 6.45) is 5.63. The number of pyridine rings is 1. The summed E-state index contributed by atoms with van der Waals surface area (Å²) >= 11 is 6.31. The Kier molecular flexibility index (Phi) is 4.79. The Morgan fingerprint density at radius 2 is 2.09 bits per heavy atom. The average Bonchev–Trinajstić information content (AvgIpc) is 3.08. The number of aliphatic hydroxyl groups excluding tert-OH is 1. The maximum Gasteiger partial charge on any atom is 0.135 e. The third-order valence-corrected chi connectivity index (χ3v) is 4.12. The number of nitrogens with zero attached hydrogens (tertiary/aromatic N) is 1. The van der Waals surface area contributed by atoms with Gasteiger partial charge in [-0.15, -0.1) is 0 Å². The molecule has 0 aliphatic rings. The number of rotatable bonds is 5. The van der Waals surface area contributed by atoms with Crippen molar-refractivity contribution in [2.75, 3.05) is 0 Å². The zero-order chi connectivity index (χ0) is 16.2. The zero-order valence-electron chi connectivity index (χ0n) is 12.8. The second-order valence-corrected chi connectivity index (χ2v) is 5.74. The number of para-hydroxylation sites is 1. The fourth-order valence-corrected chi connectivity index (χ4v) is 2.89. The number of aromatic nitrogens is 1. The van der Waals surface area contributed by atoms with E-state index in [2.05, 4.69) is 4.98 Å². The maximum absolute atomic E-state index is 10.9. The van der Waals surface area contributed by atoms with Gasteiger partial charge in [-0.3, -0.25) is 0 Å². The molecule has 1 N–H and O–H groups in total. The third kappa shape index (κ3) is 3.31. The molecule has 23 heavy (non-hydrogen) atoms. The van der Waals surface area contributed by atoms with Crippen molar-refractivity contribution in [3.63, 3.8) is 0 Å². The molecule has 3 nitrogen and oxygen atoms in total. The minimum absolute atomic E-state index is 0.301. The summed E-state index contributed by atoms with van der Waals surface area (Å²) in [4.78, 5) is 4.39.